The molecule has 2 heteroatoms. The lowest BCUT2D eigenvalue weighted by molar-refractivity contribution is 0.0612. The van der Waals surface area contributed by atoms with E-state index in [1.165, 1.54) is 5.56 Å². The number of rotatable bonds is 7. The van der Waals surface area contributed by atoms with E-state index in [4.69, 9.17) is 4.74 Å². The number of hydrogen-bond donors (Lipinski definition) is 1. The molecule has 0 aliphatic rings. The van der Waals surface area contributed by atoms with Gasteiger partial charge in [-0.25, -0.2) is 0 Å². The zero-order valence-corrected chi connectivity index (χ0v) is 11.4. The Bertz CT molecular complexity index is 297. The molecule has 0 saturated carbocycles. The average Bonchev–Trinajstić information content (AvgIpc) is 2.31. The first-order chi connectivity index (χ1) is 8.19. The standard InChI is InChI=1S/C15H25NO/c1-5-16-14(11-12(2)3)15(17-4)13-9-7-6-8-10-13/h6-10,12,14-16H,5,11H2,1-4H3. The molecule has 0 fully saturated rings. The van der Waals surface area contributed by atoms with Crippen molar-refractivity contribution < 1.29 is 4.74 Å². The van der Waals surface area contributed by atoms with Crippen molar-refractivity contribution in [2.24, 2.45) is 5.92 Å². The lowest BCUT2D eigenvalue weighted by atomic mass is 9.94. The summed E-state index contributed by atoms with van der Waals surface area (Å²) in [4.78, 5) is 0. The Morgan fingerprint density at radius 3 is 2.29 bits per heavy atom. The lowest BCUT2D eigenvalue weighted by Crippen LogP contribution is -2.36. The van der Waals surface area contributed by atoms with Crippen LogP contribution in [0.5, 0.6) is 0 Å². The van der Waals surface area contributed by atoms with E-state index in [9.17, 15) is 0 Å². The topological polar surface area (TPSA) is 21.3 Å². The molecule has 96 valence electrons. The van der Waals surface area contributed by atoms with Gasteiger partial charge in [-0.2, -0.15) is 0 Å². The molecule has 0 aliphatic heterocycles. The SMILES string of the molecule is CCNC(CC(C)C)C(OC)c1ccccc1. The van der Waals surface area contributed by atoms with Crippen LogP contribution in [0.1, 0.15) is 38.9 Å². The molecule has 2 atom stereocenters. The van der Waals surface area contributed by atoms with Crippen LogP contribution in [-0.4, -0.2) is 19.7 Å². The van der Waals surface area contributed by atoms with Gasteiger partial charge in [0.25, 0.3) is 0 Å². The number of nitrogens with one attached hydrogen (secondary N) is 1. The zero-order chi connectivity index (χ0) is 12.7. The van der Waals surface area contributed by atoms with Crippen molar-refractivity contribution in [3.05, 3.63) is 35.9 Å². The molecule has 1 aromatic carbocycles. The molecule has 2 nitrogen and oxygen atoms in total. The van der Waals surface area contributed by atoms with Gasteiger partial charge in [0.05, 0.1) is 6.10 Å². The van der Waals surface area contributed by atoms with Crippen LogP contribution in [-0.2, 0) is 4.74 Å². The number of hydrogen-bond acceptors (Lipinski definition) is 2. The molecule has 0 radical (unpaired) electrons. The molecule has 2 unspecified atom stereocenters. The molecule has 0 saturated heterocycles. The molecule has 0 heterocycles. The highest BCUT2D eigenvalue weighted by Gasteiger charge is 2.22. The van der Waals surface area contributed by atoms with Crippen LogP contribution >= 0.6 is 0 Å². The van der Waals surface area contributed by atoms with Gasteiger partial charge in [0, 0.05) is 13.2 Å². The van der Waals surface area contributed by atoms with Crippen LogP contribution in [0.3, 0.4) is 0 Å². The summed E-state index contributed by atoms with van der Waals surface area (Å²) in [5, 5.41) is 3.54. The third-order valence-electron chi connectivity index (χ3n) is 2.94. The highest BCUT2D eigenvalue weighted by molar-refractivity contribution is 5.19. The zero-order valence-electron chi connectivity index (χ0n) is 11.4. The minimum absolute atomic E-state index is 0.138. The Morgan fingerprint density at radius 2 is 1.82 bits per heavy atom. The first-order valence-electron chi connectivity index (χ1n) is 6.50. The van der Waals surface area contributed by atoms with Crippen LogP contribution in [0.25, 0.3) is 0 Å². The first kappa shape index (κ1) is 14.2. The van der Waals surface area contributed by atoms with E-state index < -0.39 is 0 Å². The second-order valence-electron chi connectivity index (χ2n) is 4.86. The maximum atomic E-state index is 5.69. The van der Waals surface area contributed by atoms with Crippen molar-refractivity contribution >= 4 is 0 Å². The molecule has 0 aromatic heterocycles. The molecular formula is C15H25NO. The molecular weight excluding hydrogens is 210 g/mol. The Morgan fingerprint density at radius 1 is 1.18 bits per heavy atom. The maximum absolute atomic E-state index is 5.69. The van der Waals surface area contributed by atoms with Crippen LogP contribution in [0.4, 0.5) is 0 Å². The largest absolute Gasteiger partial charge is 0.375 e. The molecule has 1 rings (SSSR count). The van der Waals surface area contributed by atoms with Gasteiger partial charge in [-0.1, -0.05) is 51.1 Å². The summed E-state index contributed by atoms with van der Waals surface area (Å²) < 4.78 is 5.69. The molecule has 0 aliphatic carbocycles. The average molecular weight is 235 g/mol. The maximum Gasteiger partial charge on any atom is 0.0974 e. The van der Waals surface area contributed by atoms with Crippen molar-refractivity contribution in [1.29, 1.82) is 0 Å². The number of likely N-dealkylation sites (N-methyl/N-ethyl adjacent to an activating group) is 1. The van der Waals surface area contributed by atoms with Gasteiger partial charge < -0.3 is 10.1 Å². The van der Waals surface area contributed by atoms with E-state index in [1.54, 1.807) is 7.11 Å². The fraction of sp³-hybridized carbons (Fsp3) is 0.600. The molecule has 0 bridgehead atoms. The Kier molecular flexibility index (Phi) is 6.23. The molecule has 1 N–H and O–H groups in total. The van der Waals surface area contributed by atoms with Crippen molar-refractivity contribution in [2.45, 2.75) is 39.3 Å². The van der Waals surface area contributed by atoms with Gasteiger partial charge in [0.15, 0.2) is 0 Å². The van der Waals surface area contributed by atoms with Crippen LogP contribution in [0.2, 0.25) is 0 Å². The predicted octanol–water partition coefficient (Wildman–Crippen LogP) is 3.40. The van der Waals surface area contributed by atoms with Crippen molar-refractivity contribution in [1.82, 2.24) is 5.32 Å². The normalized spacial score (nSPS) is 14.9. The van der Waals surface area contributed by atoms with E-state index in [0.29, 0.717) is 12.0 Å². The minimum Gasteiger partial charge on any atom is -0.375 e. The lowest BCUT2D eigenvalue weighted by Gasteiger charge is -2.28. The molecule has 17 heavy (non-hydrogen) atoms. The smallest absolute Gasteiger partial charge is 0.0974 e. The molecule has 0 amide bonds. The summed E-state index contributed by atoms with van der Waals surface area (Å²) in [6.07, 6.45) is 1.26. The fourth-order valence-electron chi connectivity index (χ4n) is 2.26. The van der Waals surface area contributed by atoms with Gasteiger partial charge in [-0.3, -0.25) is 0 Å². The van der Waals surface area contributed by atoms with Crippen molar-refractivity contribution in [3.8, 4) is 0 Å². The van der Waals surface area contributed by atoms with E-state index in [1.807, 2.05) is 6.07 Å². The Balaban J connectivity index is 2.81. The summed E-state index contributed by atoms with van der Waals surface area (Å²) in [6.45, 7) is 7.62. The molecule has 1 aromatic rings. The Labute approximate surface area is 105 Å². The predicted molar refractivity (Wildman–Crippen MR) is 73.1 cm³/mol. The highest BCUT2D eigenvalue weighted by atomic mass is 16.5. The third-order valence-corrected chi connectivity index (χ3v) is 2.94. The van der Waals surface area contributed by atoms with E-state index >= 15 is 0 Å². The van der Waals surface area contributed by atoms with Gasteiger partial charge in [0.2, 0.25) is 0 Å². The number of methoxy groups -OCH3 is 1. The van der Waals surface area contributed by atoms with Gasteiger partial charge in [-0.05, 0) is 24.4 Å². The van der Waals surface area contributed by atoms with E-state index in [2.05, 4.69) is 50.4 Å². The van der Waals surface area contributed by atoms with Gasteiger partial charge >= 0.3 is 0 Å². The van der Waals surface area contributed by atoms with Gasteiger partial charge in [0.1, 0.15) is 0 Å². The van der Waals surface area contributed by atoms with Crippen LogP contribution in [0, 0.1) is 5.92 Å². The fourth-order valence-corrected chi connectivity index (χ4v) is 2.26. The van der Waals surface area contributed by atoms with Gasteiger partial charge in [-0.15, -0.1) is 0 Å². The number of benzene rings is 1. The summed E-state index contributed by atoms with van der Waals surface area (Å²) in [6, 6.07) is 10.8. The molecule has 0 spiro atoms. The van der Waals surface area contributed by atoms with Crippen LogP contribution < -0.4 is 5.32 Å². The van der Waals surface area contributed by atoms with Crippen LogP contribution in [0.15, 0.2) is 30.3 Å². The van der Waals surface area contributed by atoms with Crippen molar-refractivity contribution in [2.75, 3.05) is 13.7 Å². The Hall–Kier alpha value is -0.860. The van der Waals surface area contributed by atoms with E-state index in [0.717, 1.165) is 13.0 Å². The summed E-state index contributed by atoms with van der Waals surface area (Å²) in [5.74, 6) is 0.667. The quantitative estimate of drug-likeness (QED) is 0.782. The van der Waals surface area contributed by atoms with E-state index in [-0.39, 0.29) is 6.10 Å². The summed E-state index contributed by atoms with van der Waals surface area (Å²) in [5.41, 5.74) is 1.25. The summed E-state index contributed by atoms with van der Waals surface area (Å²) >= 11 is 0. The number of ether oxygens (including phenoxy) is 1. The third kappa shape index (κ3) is 4.49. The second-order valence-corrected chi connectivity index (χ2v) is 4.86. The highest BCUT2D eigenvalue weighted by Crippen LogP contribution is 2.24. The first-order valence-corrected chi connectivity index (χ1v) is 6.50. The minimum atomic E-state index is 0.138. The summed E-state index contributed by atoms with van der Waals surface area (Å²) in [7, 11) is 1.79. The van der Waals surface area contributed by atoms with Crippen molar-refractivity contribution in [3.63, 3.8) is 0 Å². The second kappa shape index (κ2) is 7.46. The monoisotopic (exact) mass is 235 g/mol.